The number of hydrogen-bond donors (Lipinski definition) is 1. The van der Waals surface area contributed by atoms with Crippen LogP contribution in [0.1, 0.15) is 39.7 Å². The van der Waals surface area contributed by atoms with Crippen LogP contribution in [0.3, 0.4) is 0 Å². The highest BCUT2D eigenvalue weighted by atomic mass is 32.2. The van der Waals surface area contributed by atoms with Crippen LogP contribution in [0.5, 0.6) is 0 Å². The second-order valence-electron chi connectivity index (χ2n) is 6.16. The third-order valence-corrected chi connectivity index (χ3v) is 4.90. The van der Waals surface area contributed by atoms with Gasteiger partial charge in [-0.25, -0.2) is 8.78 Å². The first-order valence-electron chi connectivity index (χ1n) is 7.32. The molecular weight excluding hydrogens is 324 g/mol. The van der Waals surface area contributed by atoms with E-state index in [4.69, 9.17) is 4.74 Å². The predicted molar refractivity (Wildman–Crippen MR) is 86.3 cm³/mol. The third kappa shape index (κ3) is 5.16. The lowest BCUT2D eigenvalue weighted by atomic mass is 9.88. The van der Waals surface area contributed by atoms with Crippen molar-refractivity contribution in [2.24, 2.45) is 0 Å². The number of nitrogens with one attached hydrogen (secondary N) is 1. The van der Waals surface area contributed by atoms with E-state index in [2.05, 4.69) is 4.72 Å². The van der Waals surface area contributed by atoms with Crippen LogP contribution in [0.25, 0.3) is 0 Å². The van der Waals surface area contributed by atoms with Crippen molar-refractivity contribution in [3.8, 4) is 0 Å². The highest BCUT2D eigenvalue weighted by Gasteiger charge is 2.44. The Bertz CT molecular complexity index is 536. The smallest absolute Gasteiger partial charge is 0.308 e. The molecule has 0 bridgehead atoms. The van der Waals surface area contributed by atoms with Gasteiger partial charge in [-0.05, 0) is 33.8 Å². The van der Waals surface area contributed by atoms with Gasteiger partial charge in [0.1, 0.15) is 22.8 Å². The maximum Gasteiger partial charge on any atom is 0.308 e. The van der Waals surface area contributed by atoms with E-state index in [-0.39, 0.29) is 12.2 Å². The molecule has 1 N–H and O–H groups in total. The molecule has 0 amide bonds. The van der Waals surface area contributed by atoms with E-state index in [1.807, 2.05) is 0 Å². The lowest BCUT2D eigenvalue weighted by Crippen LogP contribution is -2.54. The molecule has 0 aliphatic carbocycles. The van der Waals surface area contributed by atoms with Gasteiger partial charge in [0.25, 0.3) is 0 Å². The summed E-state index contributed by atoms with van der Waals surface area (Å²) in [6.07, 6.45) is -0.458. The summed E-state index contributed by atoms with van der Waals surface area (Å²) in [4.78, 5) is 11.9. The molecule has 0 aliphatic rings. The van der Waals surface area contributed by atoms with E-state index < -0.39 is 46.5 Å². The lowest BCUT2D eigenvalue weighted by Gasteiger charge is -2.35. The van der Waals surface area contributed by atoms with E-state index >= 15 is 0 Å². The molecule has 0 aromatic heterocycles. The first kappa shape index (κ1) is 19.9. The molecule has 0 fully saturated rings. The zero-order valence-corrected chi connectivity index (χ0v) is 14.6. The standard InChI is InChI=1S/C16H23F2NO3S/c1-5-22-14(20)10-16(11-17,19-23(21)15(2,3)4)12-8-6-7-9-13(12)18/h6-9,19H,5,10-11H2,1-4H3/t16-,23-/m1/s1. The fourth-order valence-electron chi connectivity index (χ4n) is 1.97. The van der Waals surface area contributed by atoms with Gasteiger partial charge < -0.3 is 9.29 Å². The normalized spacial score (nSPS) is 15.8. The van der Waals surface area contributed by atoms with Crippen LogP contribution in [-0.4, -0.2) is 28.6 Å². The number of carbonyl (C=O) groups excluding carboxylic acids is 1. The quantitative estimate of drug-likeness (QED) is 0.608. The zero-order valence-electron chi connectivity index (χ0n) is 13.8. The second kappa shape index (κ2) is 8.08. The molecule has 0 saturated heterocycles. The SMILES string of the molecule is CCOC(=O)C[C@](CF)(N[S@+]([O-])C(C)(C)C)c1ccccc1F. The Morgan fingerprint density at radius 3 is 2.43 bits per heavy atom. The minimum atomic E-state index is -1.74. The summed E-state index contributed by atoms with van der Waals surface area (Å²) in [5.41, 5.74) is -1.79. The Morgan fingerprint density at radius 1 is 1.35 bits per heavy atom. The summed E-state index contributed by atoms with van der Waals surface area (Å²) in [5.74, 6) is -1.36. The average Bonchev–Trinajstić information content (AvgIpc) is 2.46. The van der Waals surface area contributed by atoms with Crippen LogP contribution >= 0.6 is 0 Å². The van der Waals surface area contributed by atoms with Crippen molar-refractivity contribution < 1.29 is 22.9 Å². The summed E-state index contributed by atoms with van der Waals surface area (Å²) < 4.78 is 47.4. The first-order valence-corrected chi connectivity index (χ1v) is 8.47. The van der Waals surface area contributed by atoms with Crippen molar-refractivity contribution >= 4 is 17.3 Å². The van der Waals surface area contributed by atoms with Gasteiger partial charge in [0.05, 0.1) is 13.0 Å². The van der Waals surface area contributed by atoms with Crippen molar-refractivity contribution in [2.75, 3.05) is 13.3 Å². The molecule has 0 aliphatic heterocycles. The molecule has 23 heavy (non-hydrogen) atoms. The van der Waals surface area contributed by atoms with Crippen LogP contribution < -0.4 is 4.72 Å². The van der Waals surface area contributed by atoms with Crippen molar-refractivity contribution in [2.45, 2.75) is 44.4 Å². The van der Waals surface area contributed by atoms with Gasteiger partial charge >= 0.3 is 5.97 Å². The number of alkyl halides is 1. The molecule has 1 aromatic rings. The average molecular weight is 347 g/mol. The Hall–Kier alpha value is -1.18. The lowest BCUT2D eigenvalue weighted by molar-refractivity contribution is -0.145. The molecule has 0 unspecified atom stereocenters. The molecule has 1 rings (SSSR count). The van der Waals surface area contributed by atoms with E-state index in [1.54, 1.807) is 27.7 Å². The number of halogens is 2. The Balaban J connectivity index is 3.27. The van der Waals surface area contributed by atoms with Gasteiger partial charge in [0.15, 0.2) is 0 Å². The van der Waals surface area contributed by atoms with Crippen molar-refractivity contribution in [1.29, 1.82) is 0 Å². The largest absolute Gasteiger partial charge is 0.598 e. The summed E-state index contributed by atoms with van der Waals surface area (Å²) in [6, 6.07) is 5.55. The predicted octanol–water partition coefficient (Wildman–Crippen LogP) is 3.00. The van der Waals surface area contributed by atoms with Crippen LogP contribution in [0.2, 0.25) is 0 Å². The fraction of sp³-hybridized carbons (Fsp3) is 0.562. The zero-order chi connectivity index (χ0) is 17.7. The number of ether oxygens (including phenoxy) is 1. The van der Waals surface area contributed by atoms with Crippen LogP contribution in [-0.2, 0) is 26.4 Å². The van der Waals surface area contributed by atoms with Gasteiger partial charge in [-0.2, -0.15) is 0 Å². The van der Waals surface area contributed by atoms with Crippen molar-refractivity contribution in [1.82, 2.24) is 4.72 Å². The highest BCUT2D eigenvalue weighted by Crippen LogP contribution is 2.31. The minimum Gasteiger partial charge on any atom is -0.598 e. The minimum absolute atomic E-state index is 0.0480. The number of benzene rings is 1. The van der Waals surface area contributed by atoms with Crippen molar-refractivity contribution in [3.63, 3.8) is 0 Å². The highest BCUT2D eigenvalue weighted by molar-refractivity contribution is 7.90. The van der Waals surface area contributed by atoms with Crippen LogP contribution in [0.15, 0.2) is 24.3 Å². The number of carbonyl (C=O) groups is 1. The third-order valence-electron chi connectivity index (χ3n) is 3.21. The molecule has 7 heteroatoms. The van der Waals surface area contributed by atoms with E-state index in [1.165, 1.54) is 24.3 Å². The van der Waals surface area contributed by atoms with Gasteiger partial charge in [-0.1, -0.05) is 18.2 Å². The summed E-state index contributed by atoms with van der Waals surface area (Å²) in [5, 5.41) is 0. The second-order valence-corrected chi connectivity index (χ2v) is 8.13. The Labute approximate surface area is 138 Å². The Morgan fingerprint density at radius 2 is 1.96 bits per heavy atom. The molecule has 1 aromatic carbocycles. The number of hydrogen-bond acceptors (Lipinski definition) is 4. The monoisotopic (exact) mass is 347 g/mol. The van der Waals surface area contributed by atoms with Crippen molar-refractivity contribution in [3.05, 3.63) is 35.6 Å². The topological polar surface area (TPSA) is 61.4 Å². The fourth-order valence-corrected chi connectivity index (χ4v) is 2.87. The maximum absolute atomic E-state index is 14.2. The van der Waals surface area contributed by atoms with Gasteiger partial charge in [0.2, 0.25) is 0 Å². The van der Waals surface area contributed by atoms with Crippen LogP contribution in [0, 0.1) is 5.82 Å². The summed E-state index contributed by atoms with van der Waals surface area (Å²) in [6.45, 7) is 5.74. The summed E-state index contributed by atoms with van der Waals surface area (Å²) in [7, 11) is 0. The van der Waals surface area contributed by atoms with Gasteiger partial charge in [-0.15, -0.1) is 4.72 Å². The molecular formula is C16H23F2NO3S. The summed E-state index contributed by atoms with van der Waals surface area (Å²) >= 11 is -1.70. The molecule has 4 nitrogen and oxygen atoms in total. The van der Waals surface area contributed by atoms with Gasteiger partial charge in [0, 0.05) is 16.9 Å². The Kier molecular flexibility index (Phi) is 6.98. The molecule has 130 valence electrons. The molecule has 0 saturated carbocycles. The van der Waals surface area contributed by atoms with E-state index in [0.717, 1.165) is 0 Å². The molecule has 0 radical (unpaired) electrons. The molecule has 0 heterocycles. The molecule has 0 spiro atoms. The van der Waals surface area contributed by atoms with Crippen LogP contribution in [0.4, 0.5) is 8.78 Å². The van der Waals surface area contributed by atoms with Gasteiger partial charge in [-0.3, -0.25) is 4.79 Å². The van der Waals surface area contributed by atoms with E-state index in [0.29, 0.717) is 0 Å². The van der Waals surface area contributed by atoms with E-state index in [9.17, 15) is 18.1 Å². The maximum atomic E-state index is 14.2. The number of esters is 1. The number of rotatable bonds is 7. The first-order chi connectivity index (χ1) is 10.7. The molecule has 2 atom stereocenters.